The van der Waals surface area contributed by atoms with Gasteiger partial charge in [0.15, 0.2) is 8.32 Å². The summed E-state index contributed by atoms with van der Waals surface area (Å²) in [6, 6.07) is 13.9. The quantitative estimate of drug-likeness (QED) is 0.625. The van der Waals surface area contributed by atoms with Crippen LogP contribution in [0.25, 0.3) is 0 Å². The monoisotopic (exact) mass is 295 g/mol. The molecule has 108 valence electrons. The zero-order chi connectivity index (χ0) is 15.3. The largest absolute Gasteiger partial charge is 0.398 e. The van der Waals surface area contributed by atoms with E-state index >= 15 is 0 Å². The lowest BCUT2D eigenvalue weighted by Crippen LogP contribution is -2.37. The first-order valence-electron chi connectivity index (χ1n) is 7.08. The van der Waals surface area contributed by atoms with Crippen molar-refractivity contribution in [2.75, 3.05) is 0 Å². The first kappa shape index (κ1) is 15.5. The van der Waals surface area contributed by atoms with Crippen LogP contribution in [0.15, 0.2) is 54.9 Å². The summed E-state index contributed by atoms with van der Waals surface area (Å²) in [7, 11) is -1.74. The van der Waals surface area contributed by atoms with Gasteiger partial charge in [0, 0.05) is 23.5 Å². The molecule has 2 rings (SSSR count). The van der Waals surface area contributed by atoms with Gasteiger partial charge in [-0.2, -0.15) is 0 Å². The summed E-state index contributed by atoms with van der Waals surface area (Å²) < 4.78 is 6.36. The second-order valence-electron chi connectivity index (χ2n) is 6.11. The van der Waals surface area contributed by atoms with E-state index < -0.39 is 13.9 Å². The van der Waals surface area contributed by atoms with Crippen molar-refractivity contribution in [3.8, 4) is 11.8 Å². The average molecular weight is 295 g/mol. The molecule has 0 aliphatic carbocycles. The zero-order valence-electron chi connectivity index (χ0n) is 13.1. The van der Waals surface area contributed by atoms with E-state index in [0.717, 1.165) is 11.1 Å². The molecule has 0 amide bonds. The van der Waals surface area contributed by atoms with Gasteiger partial charge in [-0.25, -0.2) is 0 Å². The summed E-state index contributed by atoms with van der Waals surface area (Å²) in [5.41, 5.74) is 1.36. The van der Waals surface area contributed by atoms with E-state index in [-0.39, 0.29) is 0 Å². The highest BCUT2D eigenvalue weighted by atomic mass is 28.4. The van der Waals surface area contributed by atoms with Gasteiger partial charge >= 0.3 is 0 Å². The average Bonchev–Trinajstić information content (AvgIpc) is 2.46. The molecule has 0 bridgehead atoms. The molecule has 2 nitrogen and oxygen atoms in total. The molecule has 0 saturated carbocycles. The van der Waals surface area contributed by atoms with Gasteiger partial charge in [-0.05, 0) is 44.8 Å². The van der Waals surface area contributed by atoms with Crippen molar-refractivity contribution in [1.29, 1.82) is 0 Å². The van der Waals surface area contributed by atoms with Crippen LogP contribution in [0.2, 0.25) is 19.6 Å². The lowest BCUT2D eigenvalue weighted by atomic mass is 9.98. The summed E-state index contributed by atoms with van der Waals surface area (Å²) >= 11 is 0. The normalized spacial score (nSPS) is 13.9. The molecule has 0 aliphatic rings. The number of rotatable bonds is 3. The predicted octanol–water partition coefficient (Wildman–Crippen LogP) is 4.20. The maximum atomic E-state index is 6.36. The van der Waals surface area contributed by atoms with Crippen molar-refractivity contribution in [3.63, 3.8) is 0 Å². The first-order chi connectivity index (χ1) is 9.89. The standard InChI is InChI=1S/C18H21NOSi/c1-18(20-21(2,3)4,17-11-8-14-19-15-17)13-12-16-9-6-5-7-10-16/h5-11,14-15H,1-4H3. The van der Waals surface area contributed by atoms with Gasteiger partial charge in [0.2, 0.25) is 0 Å². The SMILES string of the molecule is CC(C#Cc1ccccc1)(O[Si](C)(C)C)c1cccnc1. The Morgan fingerprint density at radius 1 is 1.05 bits per heavy atom. The molecule has 1 aromatic heterocycles. The van der Waals surface area contributed by atoms with Crippen molar-refractivity contribution >= 4 is 8.32 Å². The van der Waals surface area contributed by atoms with Crippen LogP contribution in [0.3, 0.4) is 0 Å². The predicted molar refractivity (Wildman–Crippen MR) is 89.3 cm³/mol. The fourth-order valence-electron chi connectivity index (χ4n) is 2.13. The van der Waals surface area contributed by atoms with E-state index in [1.807, 2.05) is 55.6 Å². The van der Waals surface area contributed by atoms with Crippen molar-refractivity contribution in [3.05, 3.63) is 66.0 Å². The fourth-order valence-corrected chi connectivity index (χ4v) is 3.52. The van der Waals surface area contributed by atoms with Crippen LogP contribution >= 0.6 is 0 Å². The lowest BCUT2D eigenvalue weighted by Gasteiger charge is -2.32. The molecular formula is C18H21NOSi. The summed E-state index contributed by atoms with van der Waals surface area (Å²) in [5.74, 6) is 6.53. The summed E-state index contributed by atoms with van der Waals surface area (Å²) in [6.45, 7) is 8.54. The number of benzene rings is 1. The number of aromatic nitrogens is 1. The highest BCUT2D eigenvalue weighted by molar-refractivity contribution is 6.69. The third kappa shape index (κ3) is 4.56. The van der Waals surface area contributed by atoms with Gasteiger partial charge in [-0.15, -0.1) is 0 Å². The van der Waals surface area contributed by atoms with Crippen molar-refractivity contribution in [2.24, 2.45) is 0 Å². The Hall–Kier alpha value is -1.89. The van der Waals surface area contributed by atoms with Crippen molar-refractivity contribution in [2.45, 2.75) is 32.2 Å². The number of hydrogen-bond donors (Lipinski definition) is 0. The molecule has 1 unspecified atom stereocenters. The minimum absolute atomic E-state index is 0.630. The third-order valence-corrected chi connectivity index (χ3v) is 3.96. The van der Waals surface area contributed by atoms with E-state index in [1.165, 1.54) is 0 Å². The Labute approximate surface area is 128 Å². The Morgan fingerprint density at radius 2 is 1.76 bits per heavy atom. The molecule has 3 heteroatoms. The van der Waals surface area contributed by atoms with E-state index in [4.69, 9.17) is 4.43 Å². The number of hydrogen-bond acceptors (Lipinski definition) is 2. The summed E-state index contributed by atoms with van der Waals surface area (Å²) in [4.78, 5) is 4.20. The summed E-state index contributed by atoms with van der Waals surface area (Å²) in [6.07, 6.45) is 3.60. The van der Waals surface area contributed by atoms with Crippen LogP contribution < -0.4 is 0 Å². The van der Waals surface area contributed by atoms with E-state index in [9.17, 15) is 0 Å². The van der Waals surface area contributed by atoms with Crippen LogP contribution in [0, 0.1) is 11.8 Å². The van der Waals surface area contributed by atoms with Crippen LogP contribution in [0.1, 0.15) is 18.1 Å². The Kier molecular flexibility index (Phi) is 4.61. The van der Waals surface area contributed by atoms with Crippen molar-refractivity contribution in [1.82, 2.24) is 4.98 Å². The van der Waals surface area contributed by atoms with Crippen LogP contribution in [-0.4, -0.2) is 13.3 Å². The smallest absolute Gasteiger partial charge is 0.186 e. The van der Waals surface area contributed by atoms with Gasteiger partial charge in [0.25, 0.3) is 0 Å². The fraction of sp³-hybridized carbons (Fsp3) is 0.278. The first-order valence-corrected chi connectivity index (χ1v) is 10.5. The second-order valence-corrected chi connectivity index (χ2v) is 10.5. The van der Waals surface area contributed by atoms with Crippen LogP contribution in [0.4, 0.5) is 0 Å². The molecular weight excluding hydrogens is 274 g/mol. The van der Waals surface area contributed by atoms with Gasteiger partial charge in [-0.3, -0.25) is 4.98 Å². The molecule has 1 heterocycles. The molecule has 0 spiro atoms. The molecule has 0 radical (unpaired) electrons. The van der Waals surface area contributed by atoms with Gasteiger partial charge in [0.1, 0.15) is 5.60 Å². The number of pyridine rings is 1. The molecule has 0 N–H and O–H groups in total. The third-order valence-electron chi connectivity index (χ3n) is 2.94. The Bertz CT molecular complexity index is 638. The molecule has 0 fully saturated rings. The zero-order valence-corrected chi connectivity index (χ0v) is 14.1. The van der Waals surface area contributed by atoms with Crippen LogP contribution in [0.5, 0.6) is 0 Å². The topological polar surface area (TPSA) is 22.1 Å². The van der Waals surface area contributed by atoms with E-state index in [1.54, 1.807) is 6.20 Å². The maximum Gasteiger partial charge on any atom is 0.186 e. The highest BCUT2D eigenvalue weighted by Gasteiger charge is 2.32. The minimum Gasteiger partial charge on any atom is -0.398 e. The minimum atomic E-state index is -1.74. The van der Waals surface area contributed by atoms with Gasteiger partial charge < -0.3 is 4.43 Å². The molecule has 1 atom stereocenters. The summed E-state index contributed by atoms with van der Waals surface area (Å²) in [5, 5.41) is 0. The Balaban J connectivity index is 2.40. The maximum absolute atomic E-state index is 6.36. The van der Waals surface area contributed by atoms with Crippen molar-refractivity contribution < 1.29 is 4.43 Å². The van der Waals surface area contributed by atoms with Gasteiger partial charge in [0.05, 0.1) is 0 Å². The van der Waals surface area contributed by atoms with E-state index in [0.29, 0.717) is 0 Å². The van der Waals surface area contributed by atoms with Gasteiger partial charge in [-0.1, -0.05) is 36.1 Å². The highest BCUT2D eigenvalue weighted by Crippen LogP contribution is 2.28. The second kappa shape index (κ2) is 6.25. The molecule has 2 aromatic rings. The molecule has 1 aromatic carbocycles. The Morgan fingerprint density at radius 3 is 2.33 bits per heavy atom. The number of nitrogens with zero attached hydrogens (tertiary/aromatic N) is 1. The van der Waals surface area contributed by atoms with E-state index in [2.05, 4.69) is 36.5 Å². The molecule has 0 saturated heterocycles. The molecule has 0 aliphatic heterocycles. The van der Waals surface area contributed by atoms with Crippen LogP contribution in [-0.2, 0) is 10.0 Å². The molecule has 21 heavy (non-hydrogen) atoms. The lowest BCUT2D eigenvalue weighted by molar-refractivity contribution is 0.143.